The van der Waals surface area contributed by atoms with Gasteiger partial charge in [0.05, 0.1) is 21.7 Å². The first kappa shape index (κ1) is 20.1. The lowest BCUT2D eigenvalue weighted by atomic mass is 10.2. The van der Waals surface area contributed by atoms with E-state index in [1.807, 2.05) is 45.9 Å². The molecule has 6 nitrogen and oxygen atoms in total. The molecule has 0 spiro atoms. The van der Waals surface area contributed by atoms with Gasteiger partial charge in [-0.3, -0.25) is 9.36 Å². The Labute approximate surface area is 180 Å². The summed E-state index contributed by atoms with van der Waals surface area (Å²) in [6.07, 6.45) is 0. The van der Waals surface area contributed by atoms with E-state index in [1.54, 1.807) is 22.0 Å². The van der Waals surface area contributed by atoms with Crippen LogP contribution in [0.1, 0.15) is 36.2 Å². The number of fused-ring (bicyclic) bond motifs is 1. The molecule has 4 aromatic rings. The molecular formula is C20H19ClN4O2S2. The lowest BCUT2D eigenvalue weighted by Crippen LogP contribution is -2.25. The third kappa shape index (κ3) is 3.72. The summed E-state index contributed by atoms with van der Waals surface area (Å²) in [6.45, 7) is 7.96. The van der Waals surface area contributed by atoms with Gasteiger partial charge in [-0.2, -0.15) is 4.98 Å². The highest BCUT2D eigenvalue weighted by molar-refractivity contribution is 7.98. The zero-order valence-electron chi connectivity index (χ0n) is 16.4. The van der Waals surface area contributed by atoms with E-state index in [9.17, 15) is 4.79 Å². The van der Waals surface area contributed by atoms with Crippen LogP contribution < -0.4 is 5.56 Å². The average Bonchev–Trinajstić information content (AvgIpc) is 3.25. The second-order valence-corrected chi connectivity index (χ2v) is 9.46. The van der Waals surface area contributed by atoms with E-state index in [4.69, 9.17) is 21.1 Å². The molecule has 0 atom stereocenters. The summed E-state index contributed by atoms with van der Waals surface area (Å²) < 4.78 is 7.10. The Hall–Kier alpha value is -2.16. The fourth-order valence-corrected chi connectivity index (χ4v) is 5.29. The van der Waals surface area contributed by atoms with Crippen LogP contribution in [0.2, 0.25) is 5.02 Å². The summed E-state index contributed by atoms with van der Waals surface area (Å²) in [5, 5.41) is 5.97. The smallest absolute Gasteiger partial charge is 0.263 e. The number of thioether (sulfide) groups is 1. The quantitative estimate of drug-likeness (QED) is 0.291. The van der Waals surface area contributed by atoms with Gasteiger partial charge in [-0.05, 0) is 45.4 Å². The molecule has 1 aromatic carbocycles. The minimum atomic E-state index is -0.00883. The van der Waals surface area contributed by atoms with Crippen LogP contribution in [0, 0.1) is 13.8 Å². The number of aromatic nitrogens is 4. The molecule has 0 fully saturated rings. The van der Waals surface area contributed by atoms with Crippen molar-refractivity contribution in [2.45, 2.75) is 44.6 Å². The van der Waals surface area contributed by atoms with Crippen LogP contribution >= 0.6 is 34.7 Å². The second kappa shape index (κ2) is 7.93. The van der Waals surface area contributed by atoms with Crippen molar-refractivity contribution in [1.82, 2.24) is 19.7 Å². The van der Waals surface area contributed by atoms with Crippen molar-refractivity contribution in [3.8, 4) is 11.5 Å². The van der Waals surface area contributed by atoms with Crippen molar-refractivity contribution in [1.29, 1.82) is 0 Å². The first-order valence-electron chi connectivity index (χ1n) is 9.09. The van der Waals surface area contributed by atoms with Gasteiger partial charge >= 0.3 is 0 Å². The molecular weight excluding hydrogens is 428 g/mol. The van der Waals surface area contributed by atoms with Crippen molar-refractivity contribution in [3.63, 3.8) is 0 Å². The lowest BCUT2D eigenvalue weighted by Gasteiger charge is -2.14. The molecule has 9 heteroatoms. The molecule has 4 rings (SSSR count). The Kier molecular flexibility index (Phi) is 5.50. The topological polar surface area (TPSA) is 73.8 Å². The number of halogens is 1. The van der Waals surface area contributed by atoms with E-state index >= 15 is 0 Å². The van der Waals surface area contributed by atoms with Crippen molar-refractivity contribution in [2.24, 2.45) is 0 Å². The third-order valence-electron chi connectivity index (χ3n) is 4.62. The number of hydrogen-bond acceptors (Lipinski definition) is 7. The number of nitrogens with zero attached hydrogens (tertiary/aromatic N) is 4. The highest BCUT2D eigenvalue weighted by atomic mass is 35.5. The summed E-state index contributed by atoms with van der Waals surface area (Å²) in [6, 6.07) is 7.32. The lowest BCUT2D eigenvalue weighted by molar-refractivity contribution is 0.425. The maximum absolute atomic E-state index is 13.1. The molecule has 150 valence electrons. The first-order valence-corrected chi connectivity index (χ1v) is 11.3. The summed E-state index contributed by atoms with van der Waals surface area (Å²) in [5.41, 5.74) is 1.70. The van der Waals surface area contributed by atoms with Gasteiger partial charge in [0.25, 0.3) is 11.4 Å². The predicted octanol–water partition coefficient (Wildman–Crippen LogP) is 5.65. The normalized spacial score (nSPS) is 11.7. The minimum absolute atomic E-state index is 0.000724. The maximum Gasteiger partial charge on any atom is 0.263 e. The second-order valence-electron chi connectivity index (χ2n) is 6.91. The molecule has 3 aromatic heterocycles. The average molecular weight is 447 g/mol. The summed E-state index contributed by atoms with van der Waals surface area (Å²) in [4.78, 5) is 24.2. The van der Waals surface area contributed by atoms with Gasteiger partial charge in [0, 0.05) is 10.9 Å². The van der Waals surface area contributed by atoms with Gasteiger partial charge in [0.2, 0.25) is 0 Å². The molecule has 0 unspecified atom stereocenters. The monoisotopic (exact) mass is 446 g/mol. The van der Waals surface area contributed by atoms with E-state index in [-0.39, 0.29) is 11.6 Å². The molecule has 0 saturated carbocycles. The van der Waals surface area contributed by atoms with Crippen molar-refractivity contribution >= 4 is 44.9 Å². The number of aryl methyl sites for hydroxylation is 2. The van der Waals surface area contributed by atoms with Gasteiger partial charge in [-0.25, -0.2) is 4.98 Å². The Morgan fingerprint density at radius 1 is 1.24 bits per heavy atom. The summed E-state index contributed by atoms with van der Waals surface area (Å²) in [5.74, 6) is 1.33. The van der Waals surface area contributed by atoms with Crippen molar-refractivity contribution in [3.05, 3.63) is 55.9 Å². The molecule has 0 aliphatic heterocycles. The Balaban J connectivity index is 1.66. The van der Waals surface area contributed by atoms with Gasteiger partial charge in [0.15, 0.2) is 11.0 Å². The number of hydrogen-bond donors (Lipinski definition) is 0. The van der Waals surface area contributed by atoms with Crippen LogP contribution in [0.25, 0.3) is 21.7 Å². The SMILES string of the molecule is Cc1sc2nc(SCc3noc(-c4ccccc4Cl)n3)n(C(C)C)c(=O)c2c1C. The third-order valence-corrected chi connectivity index (χ3v) is 7.00. The molecule has 0 aliphatic rings. The molecule has 0 saturated heterocycles. The molecule has 0 bridgehead atoms. The Bertz CT molecular complexity index is 1260. The van der Waals surface area contributed by atoms with Crippen LogP contribution in [0.4, 0.5) is 0 Å². The van der Waals surface area contributed by atoms with Gasteiger partial charge < -0.3 is 4.52 Å². The summed E-state index contributed by atoms with van der Waals surface area (Å²) >= 11 is 9.18. The zero-order chi connectivity index (χ0) is 20.7. The van der Waals surface area contributed by atoms with Crippen LogP contribution in [0.15, 0.2) is 38.7 Å². The number of thiophene rings is 1. The molecule has 29 heavy (non-hydrogen) atoms. The first-order chi connectivity index (χ1) is 13.9. The van der Waals surface area contributed by atoms with Crippen LogP contribution in [-0.4, -0.2) is 19.7 Å². The standard InChI is InChI=1S/C20H19ClN4O2S2/c1-10(2)25-19(26)16-11(3)12(4)29-18(16)23-20(25)28-9-15-22-17(27-24-15)13-7-5-6-8-14(13)21/h5-8,10H,9H2,1-4H3. The summed E-state index contributed by atoms with van der Waals surface area (Å²) in [7, 11) is 0. The Morgan fingerprint density at radius 3 is 2.72 bits per heavy atom. The van der Waals surface area contributed by atoms with E-state index in [0.717, 1.165) is 15.3 Å². The minimum Gasteiger partial charge on any atom is -0.334 e. The van der Waals surface area contributed by atoms with Gasteiger partial charge in [-0.1, -0.05) is 40.7 Å². The zero-order valence-corrected chi connectivity index (χ0v) is 18.8. The number of rotatable bonds is 5. The van der Waals surface area contributed by atoms with Gasteiger partial charge in [0.1, 0.15) is 4.83 Å². The molecule has 0 amide bonds. The largest absolute Gasteiger partial charge is 0.334 e. The fraction of sp³-hybridized carbons (Fsp3) is 0.300. The highest BCUT2D eigenvalue weighted by Crippen LogP contribution is 2.31. The van der Waals surface area contributed by atoms with Gasteiger partial charge in [-0.15, -0.1) is 11.3 Å². The number of benzene rings is 1. The van der Waals surface area contributed by atoms with Crippen LogP contribution in [-0.2, 0) is 5.75 Å². The molecule has 0 radical (unpaired) electrons. The van der Waals surface area contributed by atoms with Crippen LogP contribution in [0.5, 0.6) is 0 Å². The maximum atomic E-state index is 13.1. The van der Waals surface area contributed by atoms with Crippen molar-refractivity contribution in [2.75, 3.05) is 0 Å². The van der Waals surface area contributed by atoms with E-state index in [2.05, 4.69) is 10.1 Å². The fourth-order valence-electron chi connectivity index (χ4n) is 3.03. The molecule has 0 aliphatic carbocycles. The van der Waals surface area contributed by atoms with E-state index in [0.29, 0.717) is 38.6 Å². The van der Waals surface area contributed by atoms with E-state index < -0.39 is 0 Å². The highest BCUT2D eigenvalue weighted by Gasteiger charge is 2.19. The molecule has 0 N–H and O–H groups in total. The van der Waals surface area contributed by atoms with Crippen molar-refractivity contribution < 1.29 is 4.52 Å². The Morgan fingerprint density at radius 2 is 2.00 bits per heavy atom. The predicted molar refractivity (Wildman–Crippen MR) is 118 cm³/mol. The van der Waals surface area contributed by atoms with E-state index in [1.165, 1.54) is 11.8 Å². The van der Waals surface area contributed by atoms with Crippen LogP contribution in [0.3, 0.4) is 0 Å². The molecule has 3 heterocycles.